The molecule has 1 atom stereocenters. The van der Waals surface area contributed by atoms with Gasteiger partial charge >= 0.3 is 0 Å². The Morgan fingerprint density at radius 2 is 1.65 bits per heavy atom. The molecule has 0 amide bonds. The molecule has 0 unspecified atom stereocenters. The molecule has 2 rings (SSSR count). The van der Waals surface area contributed by atoms with Crippen molar-refractivity contribution in [1.82, 2.24) is 10.2 Å². The van der Waals surface area contributed by atoms with E-state index in [4.69, 9.17) is 0 Å². The van der Waals surface area contributed by atoms with Crippen molar-refractivity contribution in [3.8, 4) is 17.2 Å². The van der Waals surface area contributed by atoms with E-state index in [1.54, 1.807) is 0 Å². The quantitative estimate of drug-likeness (QED) is 0.676. The Morgan fingerprint density at radius 3 is 2.15 bits per heavy atom. The summed E-state index contributed by atoms with van der Waals surface area (Å²) in [4.78, 5) is 2.28. The summed E-state index contributed by atoms with van der Waals surface area (Å²) < 4.78 is 0. The van der Waals surface area contributed by atoms with Crippen molar-refractivity contribution in [3.63, 3.8) is 0 Å². The van der Waals surface area contributed by atoms with Crippen molar-refractivity contribution in [2.75, 3.05) is 26.2 Å². The van der Waals surface area contributed by atoms with Gasteiger partial charge in [0.05, 0.1) is 5.56 Å². The number of nitrogens with zero attached hydrogens (tertiary/aromatic N) is 1. The van der Waals surface area contributed by atoms with Crippen LogP contribution in [0.4, 0.5) is 0 Å². The van der Waals surface area contributed by atoms with E-state index in [0.29, 0.717) is 11.5 Å². The molecule has 1 fully saturated rings. The van der Waals surface area contributed by atoms with Gasteiger partial charge < -0.3 is 20.6 Å². The summed E-state index contributed by atoms with van der Waals surface area (Å²) >= 11 is 0. The molecular formula is C15H24N2O3. The van der Waals surface area contributed by atoms with Gasteiger partial charge in [-0.15, -0.1) is 0 Å². The predicted molar refractivity (Wildman–Crippen MR) is 78.1 cm³/mol. The summed E-state index contributed by atoms with van der Waals surface area (Å²) in [5.41, 5.74) is 0.526. The lowest BCUT2D eigenvalue weighted by atomic mass is 9.93. The lowest BCUT2D eigenvalue weighted by molar-refractivity contribution is 0.149. The highest BCUT2D eigenvalue weighted by Gasteiger charge is 2.28. The number of hydrogen-bond acceptors (Lipinski definition) is 5. The normalized spacial score (nSPS) is 18.4. The lowest BCUT2D eigenvalue weighted by Gasteiger charge is -2.36. The van der Waals surface area contributed by atoms with Crippen LogP contribution in [0.1, 0.15) is 31.9 Å². The third-order valence-electron chi connectivity index (χ3n) is 3.74. The van der Waals surface area contributed by atoms with Crippen molar-refractivity contribution in [2.24, 2.45) is 5.92 Å². The van der Waals surface area contributed by atoms with Crippen molar-refractivity contribution < 1.29 is 15.3 Å². The number of nitrogens with one attached hydrogen (secondary N) is 1. The van der Waals surface area contributed by atoms with Gasteiger partial charge in [0.2, 0.25) is 0 Å². The summed E-state index contributed by atoms with van der Waals surface area (Å²) in [5.74, 6) is 0.258. The van der Waals surface area contributed by atoms with E-state index in [9.17, 15) is 15.3 Å². The molecule has 5 nitrogen and oxygen atoms in total. The van der Waals surface area contributed by atoms with E-state index in [-0.39, 0.29) is 23.3 Å². The third-order valence-corrected chi connectivity index (χ3v) is 3.74. The summed E-state index contributed by atoms with van der Waals surface area (Å²) in [5, 5.41) is 33.0. The minimum Gasteiger partial charge on any atom is -0.508 e. The van der Waals surface area contributed by atoms with E-state index >= 15 is 0 Å². The second-order valence-electron chi connectivity index (χ2n) is 5.83. The summed E-state index contributed by atoms with van der Waals surface area (Å²) in [6, 6.07) is 2.56. The molecule has 1 aliphatic heterocycles. The van der Waals surface area contributed by atoms with Gasteiger partial charge in [-0.05, 0) is 12.3 Å². The van der Waals surface area contributed by atoms with Gasteiger partial charge in [-0.25, -0.2) is 0 Å². The van der Waals surface area contributed by atoms with Crippen LogP contribution in [0.5, 0.6) is 17.2 Å². The highest BCUT2D eigenvalue weighted by atomic mass is 16.3. The zero-order valence-corrected chi connectivity index (χ0v) is 12.1. The van der Waals surface area contributed by atoms with Gasteiger partial charge in [0.25, 0.3) is 0 Å². The molecule has 0 saturated carbocycles. The van der Waals surface area contributed by atoms with Gasteiger partial charge in [0, 0.05) is 44.4 Å². The first-order valence-electron chi connectivity index (χ1n) is 7.18. The fourth-order valence-electron chi connectivity index (χ4n) is 2.84. The van der Waals surface area contributed by atoms with Crippen LogP contribution in [0.15, 0.2) is 12.1 Å². The minimum absolute atomic E-state index is 0.0299. The maximum Gasteiger partial charge on any atom is 0.127 e. The van der Waals surface area contributed by atoms with Gasteiger partial charge in [0.1, 0.15) is 17.2 Å². The molecule has 1 saturated heterocycles. The molecule has 112 valence electrons. The number of aromatic hydroxyl groups is 3. The second kappa shape index (κ2) is 6.33. The Balaban J connectivity index is 2.35. The Labute approximate surface area is 119 Å². The largest absolute Gasteiger partial charge is 0.508 e. The number of piperazine rings is 1. The fourth-order valence-corrected chi connectivity index (χ4v) is 2.84. The van der Waals surface area contributed by atoms with E-state index in [0.717, 1.165) is 32.6 Å². The average Bonchev–Trinajstić information content (AvgIpc) is 2.37. The molecule has 1 aromatic rings. The van der Waals surface area contributed by atoms with E-state index in [1.165, 1.54) is 12.1 Å². The summed E-state index contributed by atoms with van der Waals surface area (Å²) in [7, 11) is 0. The molecule has 1 aliphatic rings. The Morgan fingerprint density at radius 1 is 1.10 bits per heavy atom. The smallest absolute Gasteiger partial charge is 0.127 e. The predicted octanol–water partition coefficient (Wildman–Crippen LogP) is 1.80. The molecule has 0 aromatic heterocycles. The van der Waals surface area contributed by atoms with Gasteiger partial charge in [-0.3, -0.25) is 4.90 Å². The molecular weight excluding hydrogens is 256 g/mol. The van der Waals surface area contributed by atoms with E-state index < -0.39 is 0 Å². The van der Waals surface area contributed by atoms with Crippen molar-refractivity contribution >= 4 is 0 Å². The summed E-state index contributed by atoms with van der Waals surface area (Å²) in [6.45, 7) is 7.85. The van der Waals surface area contributed by atoms with Crippen molar-refractivity contribution in [3.05, 3.63) is 17.7 Å². The lowest BCUT2D eigenvalue weighted by Crippen LogP contribution is -2.45. The Bertz CT molecular complexity index is 433. The first-order valence-corrected chi connectivity index (χ1v) is 7.18. The maximum absolute atomic E-state index is 10.1. The fraction of sp³-hybridized carbons (Fsp3) is 0.600. The highest BCUT2D eigenvalue weighted by molar-refractivity contribution is 5.50. The van der Waals surface area contributed by atoms with Gasteiger partial charge in [-0.1, -0.05) is 13.8 Å². The first kappa shape index (κ1) is 14.9. The summed E-state index contributed by atoms with van der Waals surface area (Å²) in [6.07, 6.45) is 0.853. The molecule has 0 spiro atoms. The number of benzene rings is 1. The topological polar surface area (TPSA) is 76.0 Å². The maximum atomic E-state index is 10.1. The zero-order valence-electron chi connectivity index (χ0n) is 12.1. The van der Waals surface area contributed by atoms with Crippen LogP contribution in [0.25, 0.3) is 0 Å². The van der Waals surface area contributed by atoms with E-state index in [2.05, 4.69) is 24.1 Å². The number of hydrogen-bond donors (Lipinski definition) is 4. The van der Waals surface area contributed by atoms with Gasteiger partial charge in [-0.2, -0.15) is 0 Å². The van der Waals surface area contributed by atoms with Crippen LogP contribution in [-0.2, 0) is 0 Å². The van der Waals surface area contributed by atoms with Crippen LogP contribution in [0.3, 0.4) is 0 Å². The highest BCUT2D eigenvalue weighted by Crippen LogP contribution is 2.41. The first-order chi connectivity index (χ1) is 9.49. The third kappa shape index (κ3) is 3.35. The van der Waals surface area contributed by atoms with Crippen LogP contribution < -0.4 is 5.32 Å². The van der Waals surface area contributed by atoms with Crippen LogP contribution in [-0.4, -0.2) is 46.4 Å². The number of phenolic OH excluding ortho intramolecular Hbond substituents is 3. The molecule has 4 N–H and O–H groups in total. The Kier molecular flexibility index (Phi) is 4.73. The standard InChI is InChI=1S/C15H24N2O3/c1-10(2)7-12(17-5-3-16-4-6-17)15-13(19)8-11(18)9-14(15)20/h8-10,12,16,18-20H,3-7H2,1-2H3/t12-/m1/s1. The monoisotopic (exact) mass is 280 g/mol. The number of rotatable bonds is 4. The zero-order chi connectivity index (χ0) is 14.7. The number of phenols is 3. The van der Waals surface area contributed by atoms with Crippen molar-refractivity contribution in [1.29, 1.82) is 0 Å². The molecule has 5 heteroatoms. The molecule has 1 aromatic carbocycles. The van der Waals surface area contributed by atoms with Crippen molar-refractivity contribution in [2.45, 2.75) is 26.3 Å². The van der Waals surface area contributed by atoms with Crippen LogP contribution in [0, 0.1) is 5.92 Å². The average molecular weight is 280 g/mol. The van der Waals surface area contributed by atoms with Gasteiger partial charge in [0.15, 0.2) is 0 Å². The molecule has 0 bridgehead atoms. The van der Waals surface area contributed by atoms with E-state index in [1.807, 2.05) is 0 Å². The SMILES string of the molecule is CC(C)C[C@H](c1c(O)cc(O)cc1O)N1CCNCC1. The van der Waals surface area contributed by atoms with Crippen LogP contribution >= 0.6 is 0 Å². The molecule has 0 aliphatic carbocycles. The Hall–Kier alpha value is -1.46. The minimum atomic E-state index is -0.118. The van der Waals surface area contributed by atoms with Crippen LogP contribution in [0.2, 0.25) is 0 Å². The second-order valence-corrected chi connectivity index (χ2v) is 5.83. The molecule has 0 radical (unpaired) electrons. The molecule has 1 heterocycles. The molecule has 20 heavy (non-hydrogen) atoms.